The van der Waals surface area contributed by atoms with Crippen LogP contribution in [0, 0.1) is 0 Å². The second-order valence-corrected chi connectivity index (χ2v) is 6.17. The van der Waals surface area contributed by atoms with Gasteiger partial charge in [-0.2, -0.15) is 0 Å². The van der Waals surface area contributed by atoms with E-state index in [9.17, 15) is 4.79 Å². The van der Waals surface area contributed by atoms with Crippen LogP contribution in [0.5, 0.6) is 0 Å². The van der Waals surface area contributed by atoms with Gasteiger partial charge in [-0.1, -0.05) is 28.9 Å². The Bertz CT molecular complexity index is 538. The Kier molecular flexibility index (Phi) is 8.27. The molecule has 0 fully saturated rings. The highest BCUT2D eigenvalue weighted by Crippen LogP contribution is 2.12. The van der Waals surface area contributed by atoms with Crippen LogP contribution in [0.25, 0.3) is 0 Å². The largest absolute Gasteiger partial charge is 0.472 e. The maximum absolute atomic E-state index is 11.7. The van der Waals surface area contributed by atoms with Crippen LogP contribution in [0.3, 0.4) is 0 Å². The molecule has 1 rings (SSSR count). The molecule has 0 saturated heterocycles. The van der Waals surface area contributed by atoms with E-state index in [1.54, 1.807) is 18.6 Å². The van der Waals surface area contributed by atoms with E-state index in [2.05, 4.69) is 19.1 Å². The van der Waals surface area contributed by atoms with Crippen molar-refractivity contribution in [3.05, 3.63) is 59.1 Å². The molecular weight excluding hydrogens is 272 g/mol. The van der Waals surface area contributed by atoms with Gasteiger partial charge < -0.3 is 4.42 Å². The third-order valence-corrected chi connectivity index (χ3v) is 3.44. The minimum absolute atomic E-state index is 0.195. The molecule has 0 amide bonds. The number of furan rings is 1. The summed E-state index contributed by atoms with van der Waals surface area (Å²) in [4.78, 5) is 11.7. The minimum Gasteiger partial charge on any atom is -0.472 e. The molecule has 0 aliphatic heterocycles. The van der Waals surface area contributed by atoms with Crippen molar-refractivity contribution in [3.8, 4) is 0 Å². The molecule has 0 aliphatic carbocycles. The monoisotopic (exact) mass is 300 g/mol. The molecule has 22 heavy (non-hydrogen) atoms. The molecule has 2 nitrogen and oxygen atoms in total. The highest BCUT2D eigenvalue weighted by molar-refractivity contribution is 5.91. The fourth-order valence-electron chi connectivity index (χ4n) is 2.29. The van der Waals surface area contributed by atoms with Gasteiger partial charge in [0.05, 0.1) is 12.5 Å². The summed E-state index contributed by atoms with van der Waals surface area (Å²) in [6.07, 6.45) is 14.4. The van der Waals surface area contributed by atoms with Crippen molar-refractivity contribution >= 4 is 5.78 Å². The minimum atomic E-state index is 0.195. The first kappa shape index (κ1) is 18.2. The quantitative estimate of drug-likeness (QED) is 0.425. The molecule has 0 radical (unpaired) electrons. The van der Waals surface area contributed by atoms with Crippen molar-refractivity contribution in [3.63, 3.8) is 0 Å². The molecule has 1 aromatic rings. The Hall–Kier alpha value is -1.83. The number of hydrogen-bond acceptors (Lipinski definition) is 2. The summed E-state index contributed by atoms with van der Waals surface area (Å²) in [5.74, 6) is 0.195. The molecular formula is C20H28O2. The van der Waals surface area contributed by atoms with Crippen molar-refractivity contribution in [2.45, 2.75) is 59.8 Å². The lowest BCUT2D eigenvalue weighted by Gasteiger charge is -2.01. The summed E-state index contributed by atoms with van der Waals surface area (Å²) in [6, 6.07) is 2.01. The van der Waals surface area contributed by atoms with E-state index in [1.807, 2.05) is 26.8 Å². The van der Waals surface area contributed by atoms with Crippen molar-refractivity contribution in [2.24, 2.45) is 0 Å². The lowest BCUT2D eigenvalue weighted by Crippen LogP contribution is -1.94. The SMILES string of the molecule is CC(C)=CC(=O)CC(C)=CCCC(C)=CCCc1ccoc1. The van der Waals surface area contributed by atoms with Gasteiger partial charge in [0.15, 0.2) is 5.78 Å². The van der Waals surface area contributed by atoms with Crippen molar-refractivity contribution in [1.82, 2.24) is 0 Å². The average Bonchev–Trinajstić information content (AvgIpc) is 2.90. The Balaban J connectivity index is 2.27. The van der Waals surface area contributed by atoms with E-state index in [4.69, 9.17) is 4.42 Å². The van der Waals surface area contributed by atoms with Crippen LogP contribution >= 0.6 is 0 Å². The Morgan fingerprint density at radius 2 is 1.82 bits per heavy atom. The van der Waals surface area contributed by atoms with E-state index in [0.717, 1.165) is 36.8 Å². The zero-order chi connectivity index (χ0) is 16.4. The van der Waals surface area contributed by atoms with E-state index in [0.29, 0.717) is 6.42 Å². The van der Waals surface area contributed by atoms with Crippen LogP contribution in [0.1, 0.15) is 58.9 Å². The summed E-state index contributed by atoms with van der Waals surface area (Å²) in [7, 11) is 0. The van der Waals surface area contributed by atoms with Gasteiger partial charge >= 0.3 is 0 Å². The summed E-state index contributed by atoms with van der Waals surface area (Å²) >= 11 is 0. The van der Waals surface area contributed by atoms with Crippen LogP contribution in [0.15, 0.2) is 58.0 Å². The second kappa shape index (κ2) is 9.99. The number of aryl methyl sites for hydroxylation is 1. The van der Waals surface area contributed by atoms with Crippen LogP contribution in [0.4, 0.5) is 0 Å². The van der Waals surface area contributed by atoms with Gasteiger partial charge in [-0.05, 0) is 71.1 Å². The van der Waals surface area contributed by atoms with Crippen molar-refractivity contribution in [1.29, 1.82) is 0 Å². The van der Waals surface area contributed by atoms with E-state index < -0.39 is 0 Å². The lowest BCUT2D eigenvalue weighted by molar-refractivity contribution is -0.114. The molecule has 0 unspecified atom stereocenters. The third-order valence-electron chi connectivity index (χ3n) is 3.44. The predicted octanol–water partition coefficient (Wildman–Crippen LogP) is 5.81. The first-order valence-corrected chi connectivity index (χ1v) is 7.97. The zero-order valence-corrected chi connectivity index (χ0v) is 14.3. The van der Waals surface area contributed by atoms with Gasteiger partial charge in [-0.3, -0.25) is 4.79 Å². The van der Waals surface area contributed by atoms with E-state index in [-0.39, 0.29) is 5.78 Å². The lowest BCUT2D eigenvalue weighted by atomic mass is 10.0. The summed E-state index contributed by atoms with van der Waals surface area (Å²) in [6.45, 7) is 8.12. The summed E-state index contributed by atoms with van der Waals surface area (Å²) in [5, 5.41) is 0. The van der Waals surface area contributed by atoms with Crippen LogP contribution in [-0.4, -0.2) is 5.78 Å². The number of allylic oxidation sites excluding steroid dienone is 6. The second-order valence-electron chi connectivity index (χ2n) is 6.17. The highest BCUT2D eigenvalue weighted by Gasteiger charge is 1.99. The fourth-order valence-corrected chi connectivity index (χ4v) is 2.29. The van der Waals surface area contributed by atoms with Gasteiger partial charge in [-0.25, -0.2) is 0 Å². The van der Waals surface area contributed by atoms with E-state index >= 15 is 0 Å². The van der Waals surface area contributed by atoms with Crippen molar-refractivity contribution in [2.75, 3.05) is 0 Å². The Labute approximate surface area is 134 Å². The standard InChI is InChI=1S/C20H28O2/c1-16(2)13-20(21)14-18(4)9-5-7-17(3)8-6-10-19-11-12-22-15-19/h8-9,11-13,15H,5-7,10,14H2,1-4H3. The molecule has 1 heterocycles. The van der Waals surface area contributed by atoms with Crippen LogP contribution < -0.4 is 0 Å². The number of ketones is 1. The van der Waals surface area contributed by atoms with Gasteiger partial charge in [0.25, 0.3) is 0 Å². The molecule has 120 valence electrons. The number of carbonyl (C=O) groups is 1. The topological polar surface area (TPSA) is 30.2 Å². The first-order chi connectivity index (χ1) is 10.5. The predicted molar refractivity (Wildman–Crippen MR) is 92.8 cm³/mol. The van der Waals surface area contributed by atoms with Crippen LogP contribution in [-0.2, 0) is 11.2 Å². The first-order valence-electron chi connectivity index (χ1n) is 7.97. The summed E-state index contributed by atoms with van der Waals surface area (Å²) in [5.41, 5.74) is 4.88. The molecule has 0 aliphatic rings. The molecule has 0 saturated carbocycles. The molecule has 1 aromatic heterocycles. The molecule has 2 heteroatoms. The van der Waals surface area contributed by atoms with Crippen LogP contribution in [0.2, 0.25) is 0 Å². The molecule has 0 atom stereocenters. The Morgan fingerprint density at radius 3 is 2.45 bits per heavy atom. The van der Waals surface area contributed by atoms with Gasteiger partial charge in [-0.15, -0.1) is 0 Å². The van der Waals surface area contributed by atoms with Gasteiger partial charge in [0.2, 0.25) is 0 Å². The van der Waals surface area contributed by atoms with Gasteiger partial charge in [0.1, 0.15) is 0 Å². The zero-order valence-electron chi connectivity index (χ0n) is 14.3. The fraction of sp³-hybridized carbons (Fsp3) is 0.450. The molecule has 0 aromatic carbocycles. The number of rotatable bonds is 9. The average molecular weight is 300 g/mol. The van der Waals surface area contributed by atoms with Gasteiger partial charge in [0, 0.05) is 6.42 Å². The molecule has 0 spiro atoms. The van der Waals surface area contributed by atoms with Crippen molar-refractivity contribution < 1.29 is 9.21 Å². The molecule has 0 N–H and O–H groups in total. The normalized spacial score (nSPS) is 12.4. The summed E-state index contributed by atoms with van der Waals surface area (Å²) < 4.78 is 5.06. The number of hydrogen-bond donors (Lipinski definition) is 0. The Morgan fingerprint density at radius 1 is 1.09 bits per heavy atom. The highest BCUT2D eigenvalue weighted by atomic mass is 16.3. The maximum Gasteiger partial charge on any atom is 0.159 e. The molecule has 0 bridgehead atoms. The maximum atomic E-state index is 11.7. The number of carbonyl (C=O) groups excluding carboxylic acids is 1. The third kappa shape index (κ3) is 8.46. The smallest absolute Gasteiger partial charge is 0.159 e. The van der Waals surface area contributed by atoms with E-state index in [1.165, 1.54) is 11.1 Å².